The number of unbranched alkanes of at least 4 members (excludes halogenated alkanes) is 1. The second kappa shape index (κ2) is 6.87. The van der Waals surface area contributed by atoms with Gasteiger partial charge in [-0.15, -0.1) is 12.4 Å². The molecule has 0 atom stereocenters. The van der Waals surface area contributed by atoms with Crippen molar-refractivity contribution >= 4 is 18.3 Å². The van der Waals surface area contributed by atoms with E-state index in [1.54, 1.807) is 12.1 Å². The van der Waals surface area contributed by atoms with Gasteiger partial charge in [-0.2, -0.15) is 0 Å². The Morgan fingerprint density at radius 3 is 2.42 bits per heavy atom. The molecule has 1 aromatic carbocycles. The van der Waals surface area contributed by atoms with Gasteiger partial charge in [-0.3, -0.25) is 4.79 Å². The molecule has 0 radical (unpaired) electrons. The van der Waals surface area contributed by atoms with E-state index in [9.17, 15) is 9.18 Å². The summed E-state index contributed by atoms with van der Waals surface area (Å²) in [5, 5.41) is 2.95. The SMILES string of the molecule is Cl.NCCCCNC(=O)C1(c2ccc(F)cc2)CC1. The summed E-state index contributed by atoms with van der Waals surface area (Å²) in [4.78, 5) is 12.1. The molecule has 0 aliphatic heterocycles. The fourth-order valence-corrected chi connectivity index (χ4v) is 2.18. The summed E-state index contributed by atoms with van der Waals surface area (Å²) >= 11 is 0. The van der Waals surface area contributed by atoms with Crippen LogP contribution in [0.25, 0.3) is 0 Å². The molecule has 0 saturated heterocycles. The van der Waals surface area contributed by atoms with E-state index in [2.05, 4.69) is 5.32 Å². The minimum absolute atomic E-state index is 0. The molecule has 1 amide bonds. The Hall–Kier alpha value is -1.13. The van der Waals surface area contributed by atoms with Crippen molar-refractivity contribution in [1.82, 2.24) is 5.32 Å². The van der Waals surface area contributed by atoms with Gasteiger partial charge in [0.15, 0.2) is 0 Å². The first-order valence-corrected chi connectivity index (χ1v) is 6.43. The Morgan fingerprint density at radius 2 is 1.89 bits per heavy atom. The fourth-order valence-electron chi connectivity index (χ4n) is 2.18. The molecular formula is C14H20ClFN2O. The largest absolute Gasteiger partial charge is 0.355 e. The molecule has 0 aromatic heterocycles. The first-order valence-electron chi connectivity index (χ1n) is 6.43. The van der Waals surface area contributed by atoms with Crippen molar-refractivity contribution in [3.8, 4) is 0 Å². The second-order valence-electron chi connectivity index (χ2n) is 4.84. The third-order valence-electron chi connectivity index (χ3n) is 3.50. The van der Waals surface area contributed by atoms with Crippen molar-refractivity contribution in [3.05, 3.63) is 35.6 Å². The molecule has 3 N–H and O–H groups in total. The number of benzene rings is 1. The van der Waals surface area contributed by atoms with Crippen molar-refractivity contribution in [2.75, 3.05) is 13.1 Å². The highest BCUT2D eigenvalue weighted by atomic mass is 35.5. The van der Waals surface area contributed by atoms with E-state index < -0.39 is 5.41 Å². The van der Waals surface area contributed by atoms with Crippen molar-refractivity contribution < 1.29 is 9.18 Å². The number of nitrogens with one attached hydrogen (secondary N) is 1. The highest BCUT2D eigenvalue weighted by Crippen LogP contribution is 2.48. The van der Waals surface area contributed by atoms with Crippen LogP contribution >= 0.6 is 12.4 Å². The topological polar surface area (TPSA) is 55.1 Å². The summed E-state index contributed by atoms with van der Waals surface area (Å²) in [5.41, 5.74) is 5.91. The quantitative estimate of drug-likeness (QED) is 0.787. The number of hydrogen-bond donors (Lipinski definition) is 2. The number of halogens is 2. The van der Waals surface area contributed by atoms with Gasteiger partial charge in [0.2, 0.25) is 5.91 Å². The molecule has 5 heteroatoms. The van der Waals surface area contributed by atoms with Gasteiger partial charge in [0, 0.05) is 6.54 Å². The molecule has 1 aliphatic rings. The Kier molecular flexibility index (Phi) is 5.76. The van der Waals surface area contributed by atoms with E-state index >= 15 is 0 Å². The van der Waals surface area contributed by atoms with Crippen LogP contribution in [0.1, 0.15) is 31.2 Å². The molecule has 2 rings (SSSR count). The summed E-state index contributed by atoms with van der Waals surface area (Å²) in [7, 11) is 0. The number of carbonyl (C=O) groups excluding carboxylic acids is 1. The third-order valence-corrected chi connectivity index (χ3v) is 3.50. The predicted molar refractivity (Wildman–Crippen MR) is 75.9 cm³/mol. The molecule has 0 unspecified atom stereocenters. The molecule has 1 aliphatic carbocycles. The molecular weight excluding hydrogens is 267 g/mol. The van der Waals surface area contributed by atoms with Crippen molar-refractivity contribution in [2.45, 2.75) is 31.1 Å². The van der Waals surface area contributed by atoms with Crippen molar-refractivity contribution in [3.63, 3.8) is 0 Å². The average Bonchev–Trinajstić information content (AvgIpc) is 3.17. The lowest BCUT2D eigenvalue weighted by Gasteiger charge is -2.15. The Morgan fingerprint density at radius 1 is 1.26 bits per heavy atom. The zero-order valence-corrected chi connectivity index (χ0v) is 11.6. The van der Waals surface area contributed by atoms with Gasteiger partial charge in [0.05, 0.1) is 5.41 Å². The summed E-state index contributed by atoms with van der Waals surface area (Å²) in [6.07, 6.45) is 3.52. The van der Waals surface area contributed by atoms with E-state index in [-0.39, 0.29) is 24.1 Å². The molecule has 0 bridgehead atoms. The van der Waals surface area contributed by atoms with Crippen LogP contribution in [0.15, 0.2) is 24.3 Å². The van der Waals surface area contributed by atoms with Gasteiger partial charge < -0.3 is 11.1 Å². The van der Waals surface area contributed by atoms with Crippen LogP contribution in [-0.2, 0) is 10.2 Å². The smallest absolute Gasteiger partial charge is 0.230 e. The van der Waals surface area contributed by atoms with Crippen LogP contribution in [0.4, 0.5) is 4.39 Å². The third kappa shape index (κ3) is 3.67. The predicted octanol–water partition coefficient (Wildman–Crippen LogP) is 2.13. The zero-order chi connectivity index (χ0) is 13.0. The standard InChI is InChI=1S/C14H19FN2O.ClH/c15-12-5-3-11(4-6-12)14(7-8-14)13(18)17-10-2-1-9-16;/h3-6H,1-2,7-10,16H2,(H,17,18);1H. The van der Waals surface area contributed by atoms with E-state index in [4.69, 9.17) is 5.73 Å². The van der Waals surface area contributed by atoms with Crippen molar-refractivity contribution in [1.29, 1.82) is 0 Å². The number of nitrogens with two attached hydrogens (primary N) is 1. The zero-order valence-electron chi connectivity index (χ0n) is 10.8. The highest BCUT2D eigenvalue weighted by Gasteiger charge is 2.50. The Bertz CT molecular complexity index is 418. The minimum atomic E-state index is -0.406. The van der Waals surface area contributed by atoms with Crippen LogP contribution in [0.3, 0.4) is 0 Å². The highest BCUT2D eigenvalue weighted by molar-refractivity contribution is 5.91. The molecule has 0 heterocycles. The molecule has 106 valence electrons. The summed E-state index contributed by atoms with van der Waals surface area (Å²) in [5.74, 6) is -0.205. The van der Waals surface area contributed by atoms with Crippen LogP contribution < -0.4 is 11.1 Å². The minimum Gasteiger partial charge on any atom is -0.355 e. The van der Waals surface area contributed by atoms with Gasteiger partial charge in [-0.25, -0.2) is 4.39 Å². The van der Waals surface area contributed by atoms with Gasteiger partial charge in [-0.05, 0) is 49.9 Å². The van der Waals surface area contributed by atoms with Gasteiger partial charge >= 0.3 is 0 Å². The number of rotatable bonds is 6. The number of amides is 1. The monoisotopic (exact) mass is 286 g/mol. The first-order chi connectivity index (χ1) is 8.69. The van der Waals surface area contributed by atoms with E-state index in [0.717, 1.165) is 31.2 Å². The van der Waals surface area contributed by atoms with Gasteiger partial charge in [0.25, 0.3) is 0 Å². The van der Waals surface area contributed by atoms with E-state index in [0.29, 0.717) is 13.1 Å². The Labute approximate surface area is 119 Å². The molecule has 1 fully saturated rings. The lowest BCUT2D eigenvalue weighted by Crippen LogP contribution is -2.35. The Balaban J connectivity index is 0.00000180. The average molecular weight is 287 g/mol. The lowest BCUT2D eigenvalue weighted by molar-refractivity contribution is -0.123. The second-order valence-corrected chi connectivity index (χ2v) is 4.84. The van der Waals surface area contributed by atoms with Crippen molar-refractivity contribution in [2.24, 2.45) is 5.73 Å². The van der Waals surface area contributed by atoms with Crippen LogP contribution in [0.2, 0.25) is 0 Å². The normalized spacial score (nSPS) is 15.5. The molecule has 1 aromatic rings. The maximum absolute atomic E-state index is 12.9. The number of carbonyl (C=O) groups is 1. The van der Waals surface area contributed by atoms with Crippen LogP contribution in [-0.4, -0.2) is 19.0 Å². The van der Waals surface area contributed by atoms with E-state index in [1.807, 2.05) is 0 Å². The molecule has 1 saturated carbocycles. The molecule has 3 nitrogen and oxygen atoms in total. The van der Waals surface area contributed by atoms with E-state index in [1.165, 1.54) is 12.1 Å². The van der Waals surface area contributed by atoms with Crippen LogP contribution in [0, 0.1) is 5.82 Å². The van der Waals surface area contributed by atoms with Gasteiger partial charge in [-0.1, -0.05) is 12.1 Å². The fraction of sp³-hybridized carbons (Fsp3) is 0.500. The maximum atomic E-state index is 12.9. The summed E-state index contributed by atoms with van der Waals surface area (Å²) in [6, 6.07) is 6.25. The van der Waals surface area contributed by atoms with Gasteiger partial charge in [0.1, 0.15) is 5.82 Å². The summed E-state index contributed by atoms with van der Waals surface area (Å²) < 4.78 is 12.9. The lowest BCUT2D eigenvalue weighted by atomic mass is 9.95. The maximum Gasteiger partial charge on any atom is 0.230 e. The van der Waals surface area contributed by atoms with Crippen LogP contribution in [0.5, 0.6) is 0 Å². The molecule has 0 spiro atoms. The summed E-state index contributed by atoms with van der Waals surface area (Å²) in [6.45, 7) is 1.32. The first kappa shape index (κ1) is 15.9. The number of hydrogen-bond acceptors (Lipinski definition) is 2. The molecule has 19 heavy (non-hydrogen) atoms.